The van der Waals surface area contributed by atoms with Crippen LogP contribution in [0.25, 0.3) is 0 Å². The minimum absolute atomic E-state index is 0.0530. The maximum absolute atomic E-state index is 11.8. The van der Waals surface area contributed by atoms with Crippen LogP contribution in [0.15, 0.2) is 22.8 Å². The Morgan fingerprint density at radius 3 is 2.57 bits per heavy atom. The Morgan fingerprint density at radius 1 is 1.43 bits per heavy atom. The molecule has 0 bridgehead atoms. The Bertz CT molecular complexity index is 539. The number of aliphatic carboxylic acids is 1. The number of hydrogen-bond donors (Lipinski definition) is 3. The molecule has 0 aliphatic rings. The summed E-state index contributed by atoms with van der Waals surface area (Å²) < 4.78 is 4.89. The number of likely N-dealkylation sites (N-methyl/N-ethyl adjacent to an activating group) is 1. The van der Waals surface area contributed by atoms with Crippen LogP contribution in [0.3, 0.4) is 0 Å². The fourth-order valence-electron chi connectivity index (χ4n) is 1.52. The molecule has 0 aliphatic heterocycles. The number of carbonyl (C=O) groups excluding carboxylic acids is 3. The number of carboxylic acid groups (broad SMARTS) is 1. The zero-order chi connectivity index (χ0) is 16.0. The second kappa shape index (κ2) is 7.08. The van der Waals surface area contributed by atoms with Crippen LogP contribution in [0.4, 0.5) is 0 Å². The number of hydrogen-bond acceptors (Lipinski definition) is 5. The van der Waals surface area contributed by atoms with Gasteiger partial charge in [0.15, 0.2) is 5.76 Å². The Morgan fingerprint density at radius 2 is 2.10 bits per heavy atom. The predicted octanol–water partition coefficient (Wildman–Crippen LogP) is -1.20. The standard InChI is InChI=1S/C12H15N3O6/c1-15(11(18)8-3-2-4-21-8)6-10(17)14-7(12(19)20)5-9(13)16/h2-4,7H,5-6H2,1H3,(H2,13,16)(H,14,17)(H,19,20). The van der Waals surface area contributed by atoms with Crippen molar-refractivity contribution in [3.63, 3.8) is 0 Å². The minimum Gasteiger partial charge on any atom is -0.480 e. The molecular formula is C12H15N3O6. The topological polar surface area (TPSA) is 143 Å². The molecule has 3 amide bonds. The summed E-state index contributed by atoms with van der Waals surface area (Å²) in [6, 6.07) is 1.53. The first kappa shape index (κ1) is 16.2. The van der Waals surface area contributed by atoms with E-state index in [1.807, 2.05) is 0 Å². The third-order valence-corrected chi connectivity index (χ3v) is 2.50. The summed E-state index contributed by atoms with van der Waals surface area (Å²) >= 11 is 0. The zero-order valence-corrected chi connectivity index (χ0v) is 11.2. The molecule has 1 unspecified atom stereocenters. The van der Waals surface area contributed by atoms with Crippen LogP contribution < -0.4 is 11.1 Å². The number of nitrogens with one attached hydrogen (secondary N) is 1. The highest BCUT2D eigenvalue weighted by molar-refractivity contribution is 5.95. The lowest BCUT2D eigenvalue weighted by molar-refractivity contribution is -0.143. The predicted molar refractivity (Wildman–Crippen MR) is 69.0 cm³/mol. The van der Waals surface area contributed by atoms with Gasteiger partial charge < -0.3 is 25.5 Å². The number of nitrogens with zero attached hydrogens (tertiary/aromatic N) is 1. The Hall–Kier alpha value is -2.84. The molecule has 4 N–H and O–H groups in total. The highest BCUT2D eigenvalue weighted by Gasteiger charge is 2.24. The summed E-state index contributed by atoms with van der Waals surface area (Å²) in [6.07, 6.45) is 0.783. The maximum Gasteiger partial charge on any atom is 0.326 e. The molecule has 0 aromatic carbocycles. The summed E-state index contributed by atoms with van der Waals surface area (Å²) in [5, 5.41) is 11.0. The summed E-state index contributed by atoms with van der Waals surface area (Å²) in [5.41, 5.74) is 4.89. The number of nitrogens with two attached hydrogens (primary N) is 1. The van der Waals surface area contributed by atoms with Crippen LogP contribution >= 0.6 is 0 Å². The van der Waals surface area contributed by atoms with Crippen LogP contribution in [-0.4, -0.2) is 53.3 Å². The number of carboxylic acids is 1. The molecule has 0 saturated heterocycles. The van der Waals surface area contributed by atoms with Crippen molar-refractivity contribution in [1.82, 2.24) is 10.2 Å². The molecule has 1 rings (SSSR count). The first-order valence-corrected chi connectivity index (χ1v) is 5.90. The van der Waals surface area contributed by atoms with E-state index in [1.54, 1.807) is 0 Å². The first-order chi connectivity index (χ1) is 9.81. The van der Waals surface area contributed by atoms with Crippen molar-refractivity contribution in [3.8, 4) is 0 Å². The normalized spacial score (nSPS) is 11.5. The average molecular weight is 297 g/mol. The molecule has 1 heterocycles. The van der Waals surface area contributed by atoms with E-state index in [9.17, 15) is 19.2 Å². The largest absolute Gasteiger partial charge is 0.480 e. The second-order valence-corrected chi connectivity index (χ2v) is 4.27. The van der Waals surface area contributed by atoms with Crippen LogP contribution in [0.5, 0.6) is 0 Å². The third-order valence-electron chi connectivity index (χ3n) is 2.50. The smallest absolute Gasteiger partial charge is 0.326 e. The van der Waals surface area contributed by atoms with Gasteiger partial charge in [0.1, 0.15) is 6.04 Å². The van der Waals surface area contributed by atoms with Crippen molar-refractivity contribution in [3.05, 3.63) is 24.2 Å². The van der Waals surface area contributed by atoms with E-state index in [1.165, 1.54) is 25.4 Å². The summed E-state index contributed by atoms with van der Waals surface area (Å²) in [7, 11) is 1.36. The van der Waals surface area contributed by atoms with E-state index in [0.717, 1.165) is 4.90 Å². The van der Waals surface area contributed by atoms with E-state index in [2.05, 4.69) is 5.32 Å². The highest BCUT2D eigenvalue weighted by atomic mass is 16.4. The van der Waals surface area contributed by atoms with Crippen LogP contribution in [0.1, 0.15) is 17.0 Å². The van der Waals surface area contributed by atoms with E-state index in [-0.39, 0.29) is 12.3 Å². The fourth-order valence-corrected chi connectivity index (χ4v) is 1.52. The molecule has 0 spiro atoms. The minimum atomic E-state index is -1.43. The number of carbonyl (C=O) groups is 4. The monoisotopic (exact) mass is 297 g/mol. The number of amides is 3. The molecule has 0 fully saturated rings. The third kappa shape index (κ3) is 4.97. The Balaban J connectivity index is 2.57. The fraction of sp³-hybridized carbons (Fsp3) is 0.333. The molecule has 1 aromatic rings. The van der Waals surface area contributed by atoms with Crippen molar-refractivity contribution >= 4 is 23.7 Å². The summed E-state index contributed by atoms with van der Waals surface area (Å²) in [4.78, 5) is 46.1. The molecule has 114 valence electrons. The molecule has 0 radical (unpaired) electrons. The van der Waals surface area contributed by atoms with E-state index >= 15 is 0 Å². The zero-order valence-electron chi connectivity index (χ0n) is 11.2. The van der Waals surface area contributed by atoms with Crippen LogP contribution in [-0.2, 0) is 14.4 Å². The summed E-state index contributed by atoms with van der Waals surface area (Å²) in [5.74, 6) is -3.45. The SMILES string of the molecule is CN(CC(=O)NC(CC(N)=O)C(=O)O)C(=O)c1ccco1. The van der Waals surface area contributed by atoms with Crippen LogP contribution in [0, 0.1) is 0 Å². The Labute approximate surface area is 119 Å². The molecule has 21 heavy (non-hydrogen) atoms. The van der Waals surface area contributed by atoms with Gasteiger partial charge in [-0.3, -0.25) is 14.4 Å². The van der Waals surface area contributed by atoms with E-state index < -0.39 is 36.2 Å². The van der Waals surface area contributed by atoms with Crippen molar-refractivity contribution in [2.24, 2.45) is 5.73 Å². The lowest BCUT2D eigenvalue weighted by atomic mass is 10.2. The van der Waals surface area contributed by atoms with Crippen molar-refractivity contribution < 1.29 is 28.7 Å². The van der Waals surface area contributed by atoms with Crippen molar-refractivity contribution in [2.75, 3.05) is 13.6 Å². The van der Waals surface area contributed by atoms with Crippen LogP contribution in [0.2, 0.25) is 0 Å². The number of rotatable bonds is 7. The lowest BCUT2D eigenvalue weighted by Gasteiger charge is -2.18. The quantitative estimate of drug-likeness (QED) is 0.576. The van der Waals surface area contributed by atoms with Gasteiger partial charge in [0.25, 0.3) is 5.91 Å². The lowest BCUT2D eigenvalue weighted by Crippen LogP contribution is -2.47. The van der Waals surface area contributed by atoms with E-state index in [4.69, 9.17) is 15.3 Å². The highest BCUT2D eigenvalue weighted by Crippen LogP contribution is 2.03. The average Bonchev–Trinajstić information content (AvgIpc) is 2.89. The van der Waals surface area contributed by atoms with Gasteiger partial charge in [0.05, 0.1) is 19.2 Å². The summed E-state index contributed by atoms with van der Waals surface area (Å²) in [6.45, 7) is -0.387. The molecule has 1 aromatic heterocycles. The molecule has 9 nitrogen and oxygen atoms in total. The van der Waals surface area contributed by atoms with Gasteiger partial charge in [-0.05, 0) is 12.1 Å². The van der Waals surface area contributed by atoms with Gasteiger partial charge in [-0.2, -0.15) is 0 Å². The number of primary amides is 1. The van der Waals surface area contributed by atoms with Gasteiger partial charge in [0.2, 0.25) is 11.8 Å². The van der Waals surface area contributed by atoms with Gasteiger partial charge >= 0.3 is 5.97 Å². The van der Waals surface area contributed by atoms with Gasteiger partial charge in [-0.25, -0.2) is 4.79 Å². The number of furan rings is 1. The second-order valence-electron chi connectivity index (χ2n) is 4.27. The maximum atomic E-state index is 11.8. The Kier molecular flexibility index (Phi) is 5.47. The van der Waals surface area contributed by atoms with E-state index in [0.29, 0.717) is 0 Å². The van der Waals surface area contributed by atoms with Crippen molar-refractivity contribution in [1.29, 1.82) is 0 Å². The molecule has 0 saturated carbocycles. The molecule has 0 aliphatic carbocycles. The molecular weight excluding hydrogens is 282 g/mol. The van der Waals surface area contributed by atoms with Crippen molar-refractivity contribution in [2.45, 2.75) is 12.5 Å². The van der Waals surface area contributed by atoms with Gasteiger partial charge in [0, 0.05) is 7.05 Å². The molecule has 9 heteroatoms. The van der Waals surface area contributed by atoms with Gasteiger partial charge in [-0.15, -0.1) is 0 Å². The first-order valence-electron chi connectivity index (χ1n) is 5.90. The van der Waals surface area contributed by atoms with Gasteiger partial charge in [-0.1, -0.05) is 0 Å². The molecule has 1 atom stereocenters.